The van der Waals surface area contributed by atoms with E-state index in [-0.39, 0.29) is 5.60 Å². The van der Waals surface area contributed by atoms with Crippen molar-refractivity contribution in [1.82, 2.24) is 5.32 Å². The quantitative estimate of drug-likeness (QED) is 0.716. The molecule has 1 saturated carbocycles. The van der Waals surface area contributed by atoms with Crippen LogP contribution < -0.4 is 10.1 Å². The molecule has 1 aliphatic rings. The van der Waals surface area contributed by atoms with Gasteiger partial charge in [-0.2, -0.15) is 0 Å². The molecule has 19 heavy (non-hydrogen) atoms. The highest BCUT2D eigenvalue weighted by molar-refractivity contribution is 5.28. The Kier molecular flexibility index (Phi) is 5.26. The van der Waals surface area contributed by atoms with Crippen molar-refractivity contribution in [1.29, 1.82) is 0 Å². The van der Waals surface area contributed by atoms with Gasteiger partial charge in [-0.3, -0.25) is 0 Å². The van der Waals surface area contributed by atoms with Gasteiger partial charge in [-0.25, -0.2) is 0 Å². The Morgan fingerprint density at radius 3 is 2.37 bits per heavy atom. The van der Waals surface area contributed by atoms with Crippen LogP contribution >= 0.6 is 0 Å². The van der Waals surface area contributed by atoms with Gasteiger partial charge in [0.2, 0.25) is 0 Å². The summed E-state index contributed by atoms with van der Waals surface area (Å²) >= 11 is 0. The number of rotatable bonds is 8. The Balaban J connectivity index is 1.86. The second kappa shape index (κ2) is 6.95. The highest BCUT2D eigenvalue weighted by Crippen LogP contribution is 2.39. The maximum absolute atomic E-state index is 6.28. The topological polar surface area (TPSA) is 21.3 Å². The standard InChI is InChI=1S/C17H27NO/c1-3-13-18-14-12-17(10-5-11-17)19-16-8-6-15(4-2)7-9-16/h6-9,18H,3-5,10-14H2,1-2H3. The first-order chi connectivity index (χ1) is 9.28. The van der Waals surface area contributed by atoms with Gasteiger partial charge in [-0.05, 0) is 69.3 Å². The molecule has 2 rings (SSSR count). The maximum atomic E-state index is 6.28. The van der Waals surface area contributed by atoms with Gasteiger partial charge in [-0.15, -0.1) is 0 Å². The summed E-state index contributed by atoms with van der Waals surface area (Å²) < 4.78 is 6.28. The molecule has 1 N–H and O–H groups in total. The zero-order chi connectivity index (χ0) is 13.6. The lowest BCUT2D eigenvalue weighted by atomic mass is 9.77. The molecule has 2 heteroatoms. The molecule has 0 saturated heterocycles. The van der Waals surface area contributed by atoms with E-state index in [2.05, 4.69) is 43.4 Å². The summed E-state index contributed by atoms with van der Waals surface area (Å²) in [5.74, 6) is 1.03. The molecule has 0 atom stereocenters. The van der Waals surface area contributed by atoms with Crippen LogP contribution in [0.1, 0.15) is 51.5 Å². The lowest BCUT2D eigenvalue weighted by molar-refractivity contribution is -0.0142. The van der Waals surface area contributed by atoms with E-state index in [9.17, 15) is 0 Å². The summed E-state index contributed by atoms with van der Waals surface area (Å²) in [6.45, 7) is 6.57. The second-order valence-electron chi connectivity index (χ2n) is 5.64. The summed E-state index contributed by atoms with van der Waals surface area (Å²) in [6.07, 6.45) is 7.13. The van der Waals surface area contributed by atoms with Crippen LogP contribution in [0.3, 0.4) is 0 Å². The predicted octanol–water partition coefficient (Wildman–Crippen LogP) is 3.94. The SMILES string of the molecule is CCCNCCC1(Oc2ccc(CC)cc2)CCC1. The van der Waals surface area contributed by atoms with Crippen molar-refractivity contribution < 1.29 is 4.74 Å². The number of hydrogen-bond donors (Lipinski definition) is 1. The van der Waals surface area contributed by atoms with Gasteiger partial charge in [0.05, 0.1) is 0 Å². The third-order valence-electron chi connectivity index (χ3n) is 4.11. The average molecular weight is 261 g/mol. The molecule has 2 nitrogen and oxygen atoms in total. The first-order valence-corrected chi connectivity index (χ1v) is 7.77. The minimum atomic E-state index is 0.106. The van der Waals surface area contributed by atoms with E-state index >= 15 is 0 Å². The van der Waals surface area contributed by atoms with Crippen molar-refractivity contribution >= 4 is 0 Å². The van der Waals surface area contributed by atoms with E-state index in [0.717, 1.165) is 31.7 Å². The molecule has 106 valence electrons. The van der Waals surface area contributed by atoms with Crippen LogP contribution in [-0.4, -0.2) is 18.7 Å². The van der Waals surface area contributed by atoms with Gasteiger partial charge in [-0.1, -0.05) is 26.0 Å². The van der Waals surface area contributed by atoms with Crippen molar-refractivity contribution in [2.24, 2.45) is 0 Å². The minimum absolute atomic E-state index is 0.106. The largest absolute Gasteiger partial charge is 0.487 e. The van der Waals surface area contributed by atoms with Crippen LogP contribution in [-0.2, 0) is 6.42 Å². The Morgan fingerprint density at radius 2 is 1.84 bits per heavy atom. The lowest BCUT2D eigenvalue weighted by Crippen LogP contribution is -2.45. The third kappa shape index (κ3) is 3.97. The molecule has 1 aliphatic carbocycles. The number of ether oxygens (including phenoxy) is 1. The highest BCUT2D eigenvalue weighted by atomic mass is 16.5. The average Bonchev–Trinajstić information content (AvgIpc) is 2.41. The van der Waals surface area contributed by atoms with Crippen LogP contribution in [0.15, 0.2) is 24.3 Å². The van der Waals surface area contributed by atoms with Crippen molar-refractivity contribution in [2.45, 2.75) is 58.0 Å². The van der Waals surface area contributed by atoms with Crippen molar-refractivity contribution in [2.75, 3.05) is 13.1 Å². The van der Waals surface area contributed by atoms with Crippen molar-refractivity contribution in [3.8, 4) is 5.75 Å². The van der Waals surface area contributed by atoms with Gasteiger partial charge in [0, 0.05) is 0 Å². The van der Waals surface area contributed by atoms with E-state index in [4.69, 9.17) is 4.74 Å². The van der Waals surface area contributed by atoms with Crippen LogP contribution in [0.25, 0.3) is 0 Å². The number of hydrogen-bond acceptors (Lipinski definition) is 2. The van der Waals surface area contributed by atoms with Gasteiger partial charge in [0.1, 0.15) is 11.4 Å². The van der Waals surface area contributed by atoms with E-state index in [1.807, 2.05) is 0 Å². The molecule has 0 bridgehead atoms. The van der Waals surface area contributed by atoms with Gasteiger partial charge in [0.15, 0.2) is 0 Å². The minimum Gasteiger partial charge on any atom is -0.487 e. The summed E-state index contributed by atoms with van der Waals surface area (Å²) in [6, 6.07) is 8.60. The fourth-order valence-electron chi connectivity index (χ4n) is 2.64. The van der Waals surface area contributed by atoms with E-state index in [1.165, 1.54) is 31.2 Å². The summed E-state index contributed by atoms with van der Waals surface area (Å²) in [4.78, 5) is 0. The molecular weight excluding hydrogens is 234 g/mol. The summed E-state index contributed by atoms with van der Waals surface area (Å²) in [7, 11) is 0. The Labute approximate surface area is 117 Å². The Bertz CT molecular complexity index is 367. The highest BCUT2D eigenvalue weighted by Gasteiger charge is 2.38. The van der Waals surface area contributed by atoms with Crippen LogP contribution in [0.5, 0.6) is 5.75 Å². The number of nitrogens with one attached hydrogen (secondary N) is 1. The third-order valence-corrected chi connectivity index (χ3v) is 4.11. The van der Waals surface area contributed by atoms with Crippen LogP contribution in [0, 0.1) is 0 Å². The zero-order valence-corrected chi connectivity index (χ0v) is 12.4. The van der Waals surface area contributed by atoms with Gasteiger partial charge in [0.25, 0.3) is 0 Å². The van der Waals surface area contributed by atoms with Gasteiger partial charge < -0.3 is 10.1 Å². The van der Waals surface area contributed by atoms with Crippen LogP contribution in [0.4, 0.5) is 0 Å². The molecular formula is C17H27NO. The first-order valence-electron chi connectivity index (χ1n) is 7.77. The van der Waals surface area contributed by atoms with E-state index in [0.29, 0.717) is 0 Å². The van der Waals surface area contributed by atoms with Gasteiger partial charge >= 0.3 is 0 Å². The molecule has 0 aliphatic heterocycles. The number of benzene rings is 1. The Hall–Kier alpha value is -1.02. The maximum Gasteiger partial charge on any atom is 0.120 e. The lowest BCUT2D eigenvalue weighted by Gasteiger charge is -2.42. The summed E-state index contributed by atoms with van der Waals surface area (Å²) in [5.41, 5.74) is 1.48. The first kappa shape index (κ1) is 14.4. The van der Waals surface area contributed by atoms with Crippen molar-refractivity contribution in [3.05, 3.63) is 29.8 Å². The van der Waals surface area contributed by atoms with Crippen LogP contribution in [0.2, 0.25) is 0 Å². The molecule has 0 unspecified atom stereocenters. The molecule has 0 spiro atoms. The Morgan fingerprint density at radius 1 is 1.11 bits per heavy atom. The predicted molar refractivity (Wildman–Crippen MR) is 80.8 cm³/mol. The fraction of sp³-hybridized carbons (Fsp3) is 0.647. The normalized spacial score (nSPS) is 16.9. The number of aryl methyl sites for hydroxylation is 1. The van der Waals surface area contributed by atoms with Crippen molar-refractivity contribution in [3.63, 3.8) is 0 Å². The molecule has 1 fully saturated rings. The molecule has 0 amide bonds. The zero-order valence-electron chi connectivity index (χ0n) is 12.4. The molecule has 0 radical (unpaired) electrons. The fourth-order valence-corrected chi connectivity index (χ4v) is 2.64. The monoisotopic (exact) mass is 261 g/mol. The van der Waals surface area contributed by atoms with E-state index in [1.54, 1.807) is 0 Å². The summed E-state index contributed by atoms with van der Waals surface area (Å²) in [5, 5.41) is 3.48. The molecule has 1 aromatic carbocycles. The smallest absolute Gasteiger partial charge is 0.120 e. The molecule has 0 aromatic heterocycles. The second-order valence-corrected chi connectivity index (χ2v) is 5.64. The molecule has 0 heterocycles. The molecule has 1 aromatic rings. The van der Waals surface area contributed by atoms with E-state index < -0.39 is 0 Å².